The van der Waals surface area contributed by atoms with E-state index in [1.54, 1.807) is 6.20 Å². The van der Waals surface area contributed by atoms with E-state index in [1.165, 1.54) is 12.8 Å². The van der Waals surface area contributed by atoms with Crippen LogP contribution in [-0.4, -0.2) is 23.5 Å². The van der Waals surface area contributed by atoms with E-state index in [2.05, 4.69) is 10.3 Å². The van der Waals surface area contributed by atoms with Gasteiger partial charge in [0.05, 0.1) is 0 Å². The average molecular weight is 292 g/mol. The minimum Gasteiger partial charge on any atom is -0.346 e. The van der Waals surface area contributed by atoms with Crippen molar-refractivity contribution in [3.8, 4) is 0 Å². The summed E-state index contributed by atoms with van der Waals surface area (Å²) >= 11 is 0. The first-order valence-electron chi connectivity index (χ1n) is 5.65. The monoisotopic (exact) mass is 291 g/mol. The SMILES string of the molecule is Cc1cccnc1C(=O)NC(CN)C1CC1.Cl.Cl. The molecule has 4 nitrogen and oxygen atoms in total. The first-order chi connectivity index (χ1) is 7.72. The lowest BCUT2D eigenvalue weighted by Gasteiger charge is -2.16. The van der Waals surface area contributed by atoms with Crippen molar-refractivity contribution in [2.75, 3.05) is 6.54 Å². The molecule has 18 heavy (non-hydrogen) atoms. The number of hydrogen-bond acceptors (Lipinski definition) is 3. The summed E-state index contributed by atoms with van der Waals surface area (Å²) in [5.41, 5.74) is 7.04. The van der Waals surface area contributed by atoms with Crippen LogP contribution in [0.2, 0.25) is 0 Å². The van der Waals surface area contributed by atoms with Gasteiger partial charge in [-0.1, -0.05) is 6.07 Å². The second kappa shape index (κ2) is 7.56. The molecule has 1 aliphatic rings. The Balaban J connectivity index is 0.00000144. The molecule has 0 spiro atoms. The van der Waals surface area contributed by atoms with Gasteiger partial charge in [-0.25, -0.2) is 0 Å². The van der Waals surface area contributed by atoms with Crippen LogP contribution in [0.3, 0.4) is 0 Å². The number of nitrogens with zero attached hydrogens (tertiary/aromatic N) is 1. The van der Waals surface area contributed by atoms with Crippen molar-refractivity contribution in [2.24, 2.45) is 11.7 Å². The smallest absolute Gasteiger partial charge is 0.270 e. The normalized spacial score (nSPS) is 15.0. The van der Waals surface area contributed by atoms with Crippen LogP contribution in [0.5, 0.6) is 0 Å². The van der Waals surface area contributed by atoms with Gasteiger partial charge in [-0.2, -0.15) is 0 Å². The van der Waals surface area contributed by atoms with Crippen molar-refractivity contribution in [3.05, 3.63) is 29.6 Å². The fourth-order valence-corrected chi connectivity index (χ4v) is 1.83. The third-order valence-corrected chi connectivity index (χ3v) is 2.99. The predicted molar refractivity (Wildman–Crippen MR) is 76.5 cm³/mol. The lowest BCUT2D eigenvalue weighted by Crippen LogP contribution is -2.42. The molecule has 6 heteroatoms. The minimum atomic E-state index is -0.111. The summed E-state index contributed by atoms with van der Waals surface area (Å²) in [7, 11) is 0. The van der Waals surface area contributed by atoms with Gasteiger partial charge in [-0.3, -0.25) is 9.78 Å². The van der Waals surface area contributed by atoms with Crippen LogP contribution in [0.1, 0.15) is 28.9 Å². The molecule has 1 amide bonds. The number of hydrogen-bond donors (Lipinski definition) is 2. The average Bonchev–Trinajstić information content (AvgIpc) is 3.10. The Hall–Kier alpha value is -0.840. The van der Waals surface area contributed by atoms with Crippen LogP contribution >= 0.6 is 24.8 Å². The Morgan fingerprint density at radius 2 is 2.22 bits per heavy atom. The van der Waals surface area contributed by atoms with Crippen LogP contribution in [0.4, 0.5) is 0 Å². The Labute approximate surface area is 120 Å². The largest absolute Gasteiger partial charge is 0.346 e. The van der Waals surface area contributed by atoms with Gasteiger partial charge in [-0.15, -0.1) is 24.8 Å². The van der Waals surface area contributed by atoms with Gasteiger partial charge < -0.3 is 11.1 Å². The number of aromatic nitrogens is 1. The molecule has 0 bridgehead atoms. The van der Waals surface area contributed by atoms with Gasteiger partial charge in [0.25, 0.3) is 5.91 Å². The molecule has 0 saturated heterocycles. The topological polar surface area (TPSA) is 68.0 Å². The highest BCUT2D eigenvalue weighted by Gasteiger charge is 2.31. The van der Waals surface area contributed by atoms with Crippen molar-refractivity contribution in [2.45, 2.75) is 25.8 Å². The standard InChI is InChI=1S/C12H17N3O.2ClH/c1-8-3-2-6-14-11(8)12(16)15-10(7-13)9-4-5-9;;/h2-3,6,9-10H,4-5,7,13H2,1H3,(H,15,16);2*1H. The van der Waals surface area contributed by atoms with E-state index >= 15 is 0 Å². The molecule has 3 N–H and O–H groups in total. The second-order valence-electron chi connectivity index (χ2n) is 4.32. The summed E-state index contributed by atoms with van der Waals surface area (Å²) in [6.45, 7) is 2.39. The number of amides is 1. The molecule has 1 aliphatic carbocycles. The van der Waals surface area contributed by atoms with Crippen molar-refractivity contribution in [1.82, 2.24) is 10.3 Å². The van der Waals surface area contributed by atoms with E-state index in [0.717, 1.165) is 5.56 Å². The van der Waals surface area contributed by atoms with Gasteiger partial charge >= 0.3 is 0 Å². The van der Waals surface area contributed by atoms with Crippen molar-refractivity contribution in [1.29, 1.82) is 0 Å². The summed E-state index contributed by atoms with van der Waals surface area (Å²) in [6, 6.07) is 3.82. The van der Waals surface area contributed by atoms with E-state index in [0.29, 0.717) is 18.2 Å². The van der Waals surface area contributed by atoms with Gasteiger partial charge in [0.2, 0.25) is 0 Å². The van der Waals surface area contributed by atoms with Crippen molar-refractivity contribution < 1.29 is 4.79 Å². The van der Waals surface area contributed by atoms with E-state index in [1.807, 2.05) is 19.1 Å². The molecule has 1 aromatic rings. The maximum Gasteiger partial charge on any atom is 0.270 e. The summed E-state index contributed by atoms with van der Waals surface area (Å²) in [6.07, 6.45) is 3.98. The number of pyridine rings is 1. The minimum absolute atomic E-state index is 0. The zero-order chi connectivity index (χ0) is 11.5. The van der Waals surface area contributed by atoms with Gasteiger partial charge in [0.15, 0.2) is 0 Å². The number of carbonyl (C=O) groups excluding carboxylic acids is 1. The number of carbonyl (C=O) groups is 1. The number of rotatable bonds is 4. The van der Waals surface area contributed by atoms with Gasteiger partial charge in [0, 0.05) is 18.8 Å². The van der Waals surface area contributed by atoms with Crippen LogP contribution < -0.4 is 11.1 Å². The predicted octanol–water partition coefficient (Wildman–Crippen LogP) is 1.70. The third-order valence-electron chi connectivity index (χ3n) is 2.99. The molecule has 0 radical (unpaired) electrons. The Morgan fingerprint density at radius 1 is 1.56 bits per heavy atom. The molecule has 1 fully saturated rings. The molecular formula is C12H19Cl2N3O. The molecule has 0 aliphatic heterocycles. The first kappa shape index (κ1) is 17.2. The molecule has 102 valence electrons. The van der Waals surface area contributed by atoms with E-state index in [-0.39, 0.29) is 36.8 Å². The second-order valence-corrected chi connectivity index (χ2v) is 4.32. The molecule has 1 heterocycles. The molecular weight excluding hydrogens is 273 g/mol. The Bertz CT molecular complexity index is 397. The third kappa shape index (κ3) is 4.12. The fraction of sp³-hybridized carbons (Fsp3) is 0.500. The number of aryl methyl sites for hydroxylation is 1. The molecule has 1 unspecified atom stereocenters. The highest BCUT2D eigenvalue weighted by molar-refractivity contribution is 5.93. The maximum absolute atomic E-state index is 11.9. The zero-order valence-electron chi connectivity index (χ0n) is 10.3. The van der Waals surface area contributed by atoms with Crippen LogP contribution in [0, 0.1) is 12.8 Å². The molecule has 1 atom stereocenters. The highest BCUT2D eigenvalue weighted by Crippen LogP contribution is 2.32. The van der Waals surface area contributed by atoms with Crippen LogP contribution in [0.15, 0.2) is 18.3 Å². The fourth-order valence-electron chi connectivity index (χ4n) is 1.83. The number of halogens is 2. The Kier molecular flexibility index (Phi) is 7.21. The molecule has 2 rings (SSSR count). The quantitative estimate of drug-likeness (QED) is 0.887. The van der Waals surface area contributed by atoms with E-state index in [9.17, 15) is 4.79 Å². The molecule has 1 aromatic heterocycles. The van der Waals surface area contributed by atoms with Crippen molar-refractivity contribution >= 4 is 30.7 Å². The molecule has 0 aromatic carbocycles. The first-order valence-corrected chi connectivity index (χ1v) is 5.65. The lowest BCUT2D eigenvalue weighted by atomic mass is 10.1. The molecule has 1 saturated carbocycles. The van der Waals surface area contributed by atoms with Gasteiger partial charge in [-0.05, 0) is 37.3 Å². The maximum atomic E-state index is 11.9. The zero-order valence-corrected chi connectivity index (χ0v) is 11.9. The number of nitrogens with one attached hydrogen (secondary N) is 1. The van der Waals surface area contributed by atoms with Crippen LogP contribution in [0.25, 0.3) is 0 Å². The van der Waals surface area contributed by atoms with Gasteiger partial charge in [0.1, 0.15) is 5.69 Å². The highest BCUT2D eigenvalue weighted by atomic mass is 35.5. The summed E-state index contributed by atoms with van der Waals surface area (Å²) in [5.74, 6) is 0.457. The van der Waals surface area contributed by atoms with E-state index in [4.69, 9.17) is 5.73 Å². The number of nitrogens with two attached hydrogens (primary N) is 1. The van der Waals surface area contributed by atoms with E-state index < -0.39 is 0 Å². The summed E-state index contributed by atoms with van der Waals surface area (Å²) in [5, 5.41) is 2.96. The summed E-state index contributed by atoms with van der Waals surface area (Å²) in [4.78, 5) is 16.0. The lowest BCUT2D eigenvalue weighted by molar-refractivity contribution is 0.0928. The Morgan fingerprint density at radius 3 is 2.72 bits per heavy atom. The van der Waals surface area contributed by atoms with Crippen LogP contribution in [-0.2, 0) is 0 Å². The van der Waals surface area contributed by atoms with Crippen molar-refractivity contribution in [3.63, 3.8) is 0 Å². The summed E-state index contributed by atoms with van der Waals surface area (Å²) < 4.78 is 0.